The zero-order valence-corrected chi connectivity index (χ0v) is 13.0. The van der Waals surface area contributed by atoms with E-state index in [1.165, 1.54) is 29.2 Å². The van der Waals surface area contributed by atoms with Gasteiger partial charge in [0.1, 0.15) is 0 Å². The molecule has 1 aromatic rings. The fourth-order valence-electron chi connectivity index (χ4n) is 3.95. The van der Waals surface area contributed by atoms with E-state index in [0.29, 0.717) is 12.8 Å². The van der Waals surface area contributed by atoms with Crippen LogP contribution >= 0.6 is 0 Å². The fraction of sp³-hybridized carbons (Fsp3) is 0.529. The summed E-state index contributed by atoms with van der Waals surface area (Å²) in [5, 5.41) is 9.01. The highest BCUT2D eigenvalue weighted by Gasteiger charge is 2.58. The number of piperidine rings is 1. The van der Waals surface area contributed by atoms with Crippen molar-refractivity contribution in [1.29, 1.82) is 0 Å². The number of alkyl halides is 3. The van der Waals surface area contributed by atoms with Crippen molar-refractivity contribution in [2.24, 2.45) is 11.3 Å². The number of rotatable bonds is 2. The molecule has 1 aromatic carbocycles. The molecule has 2 aliphatic rings. The van der Waals surface area contributed by atoms with Crippen molar-refractivity contribution < 1.29 is 27.9 Å². The molecule has 4 nitrogen and oxygen atoms in total. The van der Waals surface area contributed by atoms with Gasteiger partial charge >= 0.3 is 12.1 Å². The van der Waals surface area contributed by atoms with Crippen molar-refractivity contribution in [3.8, 4) is 0 Å². The molecular formula is C17H18F3NO3. The van der Waals surface area contributed by atoms with E-state index < -0.39 is 29.4 Å². The second-order valence-corrected chi connectivity index (χ2v) is 6.71. The van der Waals surface area contributed by atoms with E-state index >= 15 is 0 Å². The molecule has 1 saturated carbocycles. The largest absolute Gasteiger partial charge is 0.478 e. The van der Waals surface area contributed by atoms with E-state index in [4.69, 9.17) is 5.11 Å². The number of likely N-dealkylation sites (tertiary alicyclic amines) is 1. The fourth-order valence-corrected chi connectivity index (χ4v) is 3.95. The summed E-state index contributed by atoms with van der Waals surface area (Å²) in [5.41, 5.74) is -0.671. The van der Waals surface area contributed by atoms with E-state index in [1.807, 2.05) is 0 Å². The molecule has 1 heterocycles. The third-order valence-corrected chi connectivity index (χ3v) is 5.32. The lowest BCUT2D eigenvalue weighted by Gasteiger charge is -2.54. The minimum Gasteiger partial charge on any atom is -0.478 e. The van der Waals surface area contributed by atoms with Gasteiger partial charge in [0, 0.05) is 18.7 Å². The van der Waals surface area contributed by atoms with Gasteiger partial charge in [-0.15, -0.1) is 0 Å². The van der Waals surface area contributed by atoms with Crippen molar-refractivity contribution in [2.75, 3.05) is 13.1 Å². The molecule has 7 heteroatoms. The molecule has 1 N–H and O–H groups in total. The molecule has 1 atom stereocenters. The van der Waals surface area contributed by atoms with Crippen LogP contribution in [0.4, 0.5) is 13.2 Å². The van der Waals surface area contributed by atoms with E-state index in [0.717, 1.165) is 6.42 Å². The first kappa shape index (κ1) is 16.8. The van der Waals surface area contributed by atoms with Gasteiger partial charge in [0.05, 0.1) is 11.5 Å². The first-order valence-electron chi connectivity index (χ1n) is 7.92. The van der Waals surface area contributed by atoms with E-state index in [2.05, 4.69) is 0 Å². The van der Waals surface area contributed by atoms with Gasteiger partial charge < -0.3 is 10.0 Å². The van der Waals surface area contributed by atoms with Crippen LogP contribution in [-0.2, 0) is 0 Å². The minimum atomic E-state index is -4.24. The SMILES string of the molecule is O=C(O)c1cccc(C(=O)N2CCC(C(F)(F)F)C3(CCC3)C2)c1. The van der Waals surface area contributed by atoms with Gasteiger partial charge in [-0.25, -0.2) is 4.79 Å². The maximum absolute atomic E-state index is 13.3. The van der Waals surface area contributed by atoms with E-state index in [1.54, 1.807) is 0 Å². The number of halogens is 3. The third-order valence-electron chi connectivity index (χ3n) is 5.32. The molecule has 1 aliphatic heterocycles. The number of carbonyl (C=O) groups excluding carboxylic acids is 1. The van der Waals surface area contributed by atoms with Gasteiger partial charge in [-0.2, -0.15) is 13.2 Å². The lowest BCUT2D eigenvalue weighted by molar-refractivity contribution is -0.235. The number of aromatic carboxylic acids is 1. The summed E-state index contributed by atoms with van der Waals surface area (Å²) < 4.78 is 39.8. The standard InChI is InChI=1S/C17H18F3NO3/c18-17(19,20)13-5-8-21(10-16(13)6-2-7-16)14(22)11-3-1-4-12(9-11)15(23)24/h1,3-4,9,13H,2,5-8,10H2,(H,23,24). The van der Waals surface area contributed by atoms with Crippen molar-refractivity contribution in [3.05, 3.63) is 35.4 Å². The van der Waals surface area contributed by atoms with Gasteiger partial charge in [0.25, 0.3) is 5.91 Å². The molecule has 2 fully saturated rings. The number of hydrogen-bond donors (Lipinski definition) is 1. The predicted octanol–water partition coefficient (Wildman–Crippen LogP) is 3.58. The second-order valence-electron chi connectivity index (χ2n) is 6.71. The maximum atomic E-state index is 13.3. The van der Waals surface area contributed by atoms with Crippen molar-refractivity contribution in [3.63, 3.8) is 0 Å². The highest BCUT2D eigenvalue weighted by Crippen LogP contribution is 2.56. The molecule has 1 saturated heterocycles. The first-order chi connectivity index (χ1) is 11.2. The Bertz CT molecular complexity index is 667. The van der Waals surface area contributed by atoms with Gasteiger partial charge in [0.15, 0.2) is 0 Å². The Kier molecular flexibility index (Phi) is 4.05. The van der Waals surface area contributed by atoms with Crippen LogP contribution in [0.15, 0.2) is 24.3 Å². The number of amides is 1. The summed E-state index contributed by atoms with van der Waals surface area (Å²) in [7, 11) is 0. The van der Waals surface area contributed by atoms with Crippen LogP contribution in [0.25, 0.3) is 0 Å². The van der Waals surface area contributed by atoms with Gasteiger partial charge in [0.2, 0.25) is 0 Å². The smallest absolute Gasteiger partial charge is 0.392 e. The molecule has 1 unspecified atom stereocenters. The second kappa shape index (κ2) is 5.79. The topological polar surface area (TPSA) is 57.6 Å². The highest BCUT2D eigenvalue weighted by molar-refractivity contribution is 5.97. The highest BCUT2D eigenvalue weighted by atomic mass is 19.4. The lowest BCUT2D eigenvalue weighted by atomic mass is 9.58. The van der Waals surface area contributed by atoms with Gasteiger partial charge in [-0.05, 0) is 42.9 Å². The Hall–Kier alpha value is -2.05. The molecule has 1 aliphatic carbocycles. The molecule has 3 rings (SSSR count). The molecule has 0 radical (unpaired) electrons. The van der Waals surface area contributed by atoms with Crippen LogP contribution in [-0.4, -0.2) is 41.1 Å². The predicted molar refractivity (Wildman–Crippen MR) is 79.8 cm³/mol. The number of carbonyl (C=O) groups is 2. The summed E-state index contributed by atoms with van der Waals surface area (Å²) in [5.74, 6) is -2.89. The molecule has 0 aromatic heterocycles. The Labute approximate surface area is 137 Å². The summed E-state index contributed by atoms with van der Waals surface area (Å²) in [4.78, 5) is 25.1. The normalized spacial score (nSPS) is 23.0. The van der Waals surface area contributed by atoms with Crippen LogP contribution in [0.3, 0.4) is 0 Å². The lowest BCUT2D eigenvalue weighted by Crippen LogP contribution is -2.57. The number of benzene rings is 1. The molecule has 130 valence electrons. The minimum absolute atomic E-state index is 0.00983. The Morgan fingerprint density at radius 3 is 2.42 bits per heavy atom. The van der Waals surface area contributed by atoms with Crippen molar-refractivity contribution in [1.82, 2.24) is 4.90 Å². The average Bonchev–Trinajstić information content (AvgIpc) is 2.51. The Balaban J connectivity index is 1.80. The zero-order chi connectivity index (χ0) is 17.5. The number of carboxylic acid groups (broad SMARTS) is 1. The zero-order valence-electron chi connectivity index (χ0n) is 13.0. The maximum Gasteiger partial charge on any atom is 0.392 e. The number of hydrogen-bond acceptors (Lipinski definition) is 2. The van der Waals surface area contributed by atoms with Gasteiger partial charge in [-0.1, -0.05) is 12.5 Å². The van der Waals surface area contributed by atoms with E-state index in [-0.39, 0.29) is 30.6 Å². The molecular weight excluding hydrogens is 323 g/mol. The first-order valence-corrected chi connectivity index (χ1v) is 7.92. The Morgan fingerprint density at radius 2 is 1.88 bits per heavy atom. The molecule has 0 bridgehead atoms. The summed E-state index contributed by atoms with van der Waals surface area (Å²) in [6.45, 7) is 0.134. The average molecular weight is 341 g/mol. The quantitative estimate of drug-likeness (QED) is 0.894. The third kappa shape index (κ3) is 2.87. The summed E-state index contributed by atoms with van der Waals surface area (Å²) >= 11 is 0. The Morgan fingerprint density at radius 1 is 1.21 bits per heavy atom. The van der Waals surface area contributed by atoms with E-state index in [9.17, 15) is 22.8 Å². The van der Waals surface area contributed by atoms with Crippen molar-refractivity contribution >= 4 is 11.9 Å². The summed E-state index contributed by atoms with van der Waals surface area (Å²) in [6, 6.07) is 5.62. The molecule has 1 spiro atoms. The van der Waals surface area contributed by atoms with Crippen LogP contribution in [0.2, 0.25) is 0 Å². The van der Waals surface area contributed by atoms with Gasteiger partial charge in [-0.3, -0.25) is 4.79 Å². The monoisotopic (exact) mass is 341 g/mol. The number of nitrogens with zero attached hydrogens (tertiary/aromatic N) is 1. The van der Waals surface area contributed by atoms with Crippen LogP contribution in [0, 0.1) is 11.3 Å². The molecule has 1 amide bonds. The molecule has 24 heavy (non-hydrogen) atoms. The van der Waals surface area contributed by atoms with Crippen LogP contribution < -0.4 is 0 Å². The number of carboxylic acids is 1. The van der Waals surface area contributed by atoms with Crippen LogP contribution in [0.1, 0.15) is 46.4 Å². The van der Waals surface area contributed by atoms with Crippen LogP contribution in [0.5, 0.6) is 0 Å². The van der Waals surface area contributed by atoms with Crippen molar-refractivity contribution in [2.45, 2.75) is 31.9 Å². The summed E-state index contributed by atoms with van der Waals surface area (Å²) in [6.07, 6.45) is -2.61.